The van der Waals surface area contributed by atoms with Gasteiger partial charge in [0.1, 0.15) is 23.8 Å². The Morgan fingerprint density at radius 2 is 1.63 bits per heavy atom. The molecule has 5 aromatic rings. The van der Waals surface area contributed by atoms with Gasteiger partial charge >= 0.3 is 0 Å². The number of benzene rings is 4. The number of carbonyl (C=O) groups excluding carboxylic acids is 1. The van der Waals surface area contributed by atoms with Crippen molar-refractivity contribution in [3.05, 3.63) is 131 Å². The molecule has 0 aliphatic carbocycles. The molecule has 1 heterocycles. The van der Waals surface area contributed by atoms with E-state index < -0.39 is 6.10 Å². The molecule has 240 valence electrons. The standard InChI is InChI=1S/C38H43N3O5/c1-3-32(39-23-35(43)28-15-17-37(31(20-28)24-42)46-25-26-10-6-5-7-11-26)19-27-14-16-33-30(18-27)21-34(41-33)38(44)40-22-29-12-8-9-13-36(29)45-4-2/h5-18,20-21,32,35,39,41-43H,3-4,19,22-25H2,1-2H3,(H,40,44)/t32-,35+/m1/s1. The Labute approximate surface area is 270 Å². The van der Waals surface area contributed by atoms with E-state index in [2.05, 4.69) is 34.7 Å². The smallest absolute Gasteiger partial charge is 0.267 e. The molecule has 8 nitrogen and oxygen atoms in total. The van der Waals surface area contributed by atoms with E-state index in [0.29, 0.717) is 43.3 Å². The number of hydrogen-bond donors (Lipinski definition) is 5. The Morgan fingerprint density at radius 3 is 2.41 bits per heavy atom. The fourth-order valence-corrected chi connectivity index (χ4v) is 5.50. The third kappa shape index (κ3) is 8.54. The molecule has 5 N–H and O–H groups in total. The van der Waals surface area contributed by atoms with E-state index in [1.807, 2.05) is 85.8 Å². The number of rotatable bonds is 16. The summed E-state index contributed by atoms with van der Waals surface area (Å²) in [6.07, 6.45) is 0.910. The maximum absolute atomic E-state index is 12.9. The normalized spacial score (nSPS) is 12.5. The Hall–Kier alpha value is -4.63. The van der Waals surface area contributed by atoms with Crippen molar-refractivity contribution in [3.8, 4) is 11.5 Å². The summed E-state index contributed by atoms with van der Waals surface area (Å²) < 4.78 is 11.6. The van der Waals surface area contributed by atoms with Crippen LogP contribution in [0.2, 0.25) is 0 Å². The van der Waals surface area contributed by atoms with E-state index >= 15 is 0 Å². The summed E-state index contributed by atoms with van der Waals surface area (Å²) in [4.78, 5) is 16.2. The van der Waals surface area contributed by atoms with E-state index in [4.69, 9.17) is 9.47 Å². The van der Waals surface area contributed by atoms with Crippen LogP contribution in [0.25, 0.3) is 10.9 Å². The molecule has 0 fully saturated rings. The highest BCUT2D eigenvalue weighted by molar-refractivity contribution is 5.98. The minimum absolute atomic E-state index is 0.144. The van der Waals surface area contributed by atoms with Crippen molar-refractivity contribution >= 4 is 16.8 Å². The minimum atomic E-state index is -0.740. The van der Waals surface area contributed by atoms with Gasteiger partial charge in [0.2, 0.25) is 0 Å². The number of aromatic nitrogens is 1. The lowest BCUT2D eigenvalue weighted by Gasteiger charge is -2.21. The summed E-state index contributed by atoms with van der Waals surface area (Å²) in [6.45, 7) is 5.60. The molecule has 0 aliphatic heterocycles. The molecule has 0 bridgehead atoms. The quantitative estimate of drug-likeness (QED) is 0.0895. The largest absolute Gasteiger partial charge is 0.494 e. The molecule has 0 unspecified atom stereocenters. The average molecular weight is 622 g/mol. The third-order valence-electron chi connectivity index (χ3n) is 8.09. The number of carbonyl (C=O) groups is 1. The number of H-pyrrole nitrogens is 1. The van der Waals surface area contributed by atoms with E-state index in [-0.39, 0.29) is 18.6 Å². The van der Waals surface area contributed by atoms with Gasteiger partial charge in [-0.2, -0.15) is 0 Å². The zero-order chi connectivity index (χ0) is 32.3. The molecule has 0 saturated heterocycles. The molecule has 4 aromatic carbocycles. The van der Waals surface area contributed by atoms with Crippen LogP contribution in [0.1, 0.15) is 64.7 Å². The molecule has 0 saturated carbocycles. The topological polar surface area (TPSA) is 116 Å². The Balaban J connectivity index is 1.15. The number of amides is 1. The molecule has 0 radical (unpaired) electrons. The van der Waals surface area contributed by atoms with Gasteiger partial charge in [-0.15, -0.1) is 0 Å². The third-order valence-corrected chi connectivity index (χ3v) is 8.09. The molecule has 5 rings (SSSR count). The van der Waals surface area contributed by atoms with Crippen LogP contribution in [0.4, 0.5) is 0 Å². The SMILES string of the molecule is CCOc1ccccc1CNC(=O)c1cc2cc(C[C@@H](CC)NC[C@H](O)c3ccc(OCc4ccccc4)c(CO)c3)ccc2[nH]1. The van der Waals surface area contributed by atoms with Gasteiger partial charge in [-0.25, -0.2) is 0 Å². The second-order valence-electron chi connectivity index (χ2n) is 11.4. The van der Waals surface area contributed by atoms with Gasteiger partial charge < -0.3 is 35.3 Å². The first-order valence-electron chi connectivity index (χ1n) is 15.9. The summed E-state index contributed by atoms with van der Waals surface area (Å²) in [7, 11) is 0. The molecule has 0 spiro atoms. The first-order chi connectivity index (χ1) is 22.5. The van der Waals surface area contributed by atoms with Crippen molar-refractivity contribution < 1.29 is 24.5 Å². The van der Waals surface area contributed by atoms with E-state index in [9.17, 15) is 15.0 Å². The van der Waals surface area contributed by atoms with Gasteiger partial charge in [-0.1, -0.05) is 67.6 Å². The number of para-hydroxylation sites is 1. The lowest BCUT2D eigenvalue weighted by atomic mass is 10.0. The fraction of sp³-hybridized carbons (Fsp3) is 0.289. The van der Waals surface area contributed by atoms with Gasteiger partial charge in [0, 0.05) is 41.2 Å². The predicted molar refractivity (Wildman–Crippen MR) is 181 cm³/mol. The lowest BCUT2D eigenvalue weighted by Crippen LogP contribution is -2.34. The van der Waals surface area contributed by atoms with Crippen molar-refractivity contribution in [3.63, 3.8) is 0 Å². The molecule has 1 aromatic heterocycles. The highest BCUT2D eigenvalue weighted by Gasteiger charge is 2.16. The number of aromatic amines is 1. The fourth-order valence-electron chi connectivity index (χ4n) is 5.50. The molecular formula is C38H43N3O5. The summed E-state index contributed by atoms with van der Waals surface area (Å²) in [6, 6.07) is 31.2. The monoisotopic (exact) mass is 621 g/mol. The number of aliphatic hydroxyl groups excluding tert-OH is 2. The first-order valence-corrected chi connectivity index (χ1v) is 15.9. The second-order valence-corrected chi connectivity index (χ2v) is 11.4. The molecule has 2 atom stereocenters. The van der Waals surface area contributed by atoms with Gasteiger partial charge in [0.25, 0.3) is 5.91 Å². The highest BCUT2D eigenvalue weighted by atomic mass is 16.5. The Kier molecular flexibility index (Phi) is 11.5. The van der Waals surface area contributed by atoms with Crippen LogP contribution in [-0.2, 0) is 26.2 Å². The van der Waals surface area contributed by atoms with Crippen molar-refractivity contribution in [2.45, 2.75) is 58.6 Å². The van der Waals surface area contributed by atoms with Gasteiger partial charge in [0.15, 0.2) is 0 Å². The van der Waals surface area contributed by atoms with Gasteiger partial charge in [-0.3, -0.25) is 4.79 Å². The summed E-state index contributed by atoms with van der Waals surface area (Å²) in [5.74, 6) is 1.20. The number of nitrogens with one attached hydrogen (secondary N) is 3. The summed E-state index contributed by atoms with van der Waals surface area (Å²) in [5.41, 5.74) is 5.88. The van der Waals surface area contributed by atoms with Crippen LogP contribution in [0.15, 0.2) is 97.1 Å². The number of fused-ring (bicyclic) bond motifs is 1. The summed E-state index contributed by atoms with van der Waals surface area (Å²) in [5, 5.41) is 28.4. The second kappa shape index (κ2) is 16.1. The molecule has 8 heteroatoms. The molecular weight excluding hydrogens is 578 g/mol. The zero-order valence-corrected chi connectivity index (χ0v) is 26.5. The van der Waals surface area contributed by atoms with Crippen LogP contribution in [-0.4, -0.2) is 40.3 Å². The maximum atomic E-state index is 12.9. The first kappa shape index (κ1) is 32.8. The zero-order valence-electron chi connectivity index (χ0n) is 26.5. The Morgan fingerprint density at radius 1 is 0.848 bits per heavy atom. The molecule has 1 amide bonds. The number of ether oxygens (including phenoxy) is 2. The van der Waals surface area contributed by atoms with Crippen molar-refractivity contribution in [2.75, 3.05) is 13.2 Å². The minimum Gasteiger partial charge on any atom is -0.494 e. The average Bonchev–Trinajstić information content (AvgIpc) is 3.52. The lowest BCUT2D eigenvalue weighted by molar-refractivity contribution is 0.0946. The Bertz CT molecular complexity index is 1720. The van der Waals surface area contributed by atoms with E-state index in [0.717, 1.165) is 51.7 Å². The van der Waals surface area contributed by atoms with Crippen molar-refractivity contribution in [2.24, 2.45) is 0 Å². The summed E-state index contributed by atoms with van der Waals surface area (Å²) >= 11 is 0. The van der Waals surface area contributed by atoms with Crippen molar-refractivity contribution in [1.82, 2.24) is 15.6 Å². The van der Waals surface area contributed by atoms with Crippen molar-refractivity contribution in [1.29, 1.82) is 0 Å². The van der Waals surface area contributed by atoms with Gasteiger partial charge in [-0.05, 0) is 72.9 Å². The van der Waals surface area contributed by atoms with E-state index in [1.165, 1.54) is 0 Å². The van der Waals surface area contributed by atoms with Gasteiger partial charge in [0.05, 0.1) is 19.3 Å². The highest BCUT2D eigenvalue weighted by Crippen LogP contribution is 2.25. The number of aliphatic hydroxyl groups is 2. The maximum Gasteiger partial charge on any atom is 0.267 e. The van der Waals surface area contributed by atoms with Crippen LogP contribution in [0, 0.1) is 0 Å². The number of hydrogen-bond acceptors (Lipinski definition) is 6. The van der Waals surface area contributed by atoms with Crippen LogP contribution in [0.5, 0.6) is 11.5 Å². The predicted octanol–water partition coefficient (Wildman–Crippen LogP) is 6.21. The van der Waals surface area contributed by atoms with Crippen LogP contribution >= 0.6 is 0 Å². The van der Waals surface area contributed by atoms with Crippen LogP contribution in [0.3, 0.4) is 0 Å². The molecule has 0 aliphatic rings. The van der Waals surface area contributed by atoms with Crippen LogP contribution < -0.4 is 20.1 Å². The van der Waals surface area contributed by atoms with E-state index in [1.54, 1.807) is 6.07 Å². The molecule has 46 heavy (non-hydrogen) atoms.